The summed E-state index contributed by atoms with van der Waals surface area (Å²) in [5, 5.41) is 0. The van der Waals surface area contributed by atoms with Crippen LogP contribution < -0.4 is 0 Å². The summed E-state index contributed by atoms with van der Waals surface area (Å²) in [6, 6.07) is 0.865. The van der Waals surface area contributed by atoms with Crippen LogP contribution in [0.2, 0.25) is 0 Å². The highest BCUT2D eigenvalue weighted by Gasteiger charge is 2.24. The predicted octanol–water partition coefficient (Wildman–Crippen LogP) is 1.78. The Kier molecular flexibility index (Phi) is 3.52. The molecule has 0 radical (unpaired) electrons. The summed E-state index contributed by atoms with van der Waals surface area (Å²) in [7, 11) is 0. The molecule has 2 rings (SSSR count). The Morgan fingerprint density at radius 2 is 1.46 bits per heavy atom. The number of nitrogens with zero attached hydrogens (tertiary/aromatic N) is 2. The largest absolute Gasteiger partial charge is 0.300 e. The molecule has 13 heavy (non-hydrogen) atoms. The number of likely N-dealkylation sites (tertiary alicyclic amines) is 1. The summed E-state index contributed by atoms with van der Waals surface area (Å²) in [6.07, 6.45) is 6.93. The lowest BCUT2D eigenvalue weighted by molar-refractivity contribution is 0.121. The molecule has 0 spiro atoms. The van der Waals surface area contributed by atoms with Gasteiger partial charge in [0.2, 0.25) is 0 Å². The molecule has 2 fully saturated rings. The van der Waals surface area contributed by atoms with Gasteiger partial charge in [0.15, 0.2) is 0 Å². The molecule has 0 saturated carbocycles. The minimum absolute atomic E-state index is 0.865. The van der Waals surface area contributed by atoms with Crippen molar-refractivity contribution >= 4 is 12.8 Å². The number of rotatable bonds is 1. The van der Waals surface area contributed by atoms with E-state index < -0.39 is 0 Å². The van der Waals surface area contributed by atoms with E-state index in [1.165, 1.54) is 58.3 Å². The van der Waals surface area contributed by atoms with Gasteiger partial charge in [-0.1, -0.05) is 19.2 Å². The van der Waals surface area contributed by atoms with E-state index in [4.69, 9.17) is 0 Å². The van der Waals surface area contributed by atoms with Crippen molar-refractivity contribution in [3.05, 3.63) is 0 Å². The van der Waals surface area contributed by atoms with Crippen LogP contribution in [0.1, 0.15) is 32.1 Å². The molecule has 0 atom stereocenters. The van der Waals surface area contributed by atoms with Gasteiger partial charge in [0.05, 0.1) is 0 Å². The third-order valence-electron chi connectivity index (χ3n) is 3.35. The van der Waals surface area contributed by atoms with Gasteiger partial charge < -0.3 is 4.90 Å². The Morgan fingerprint density at radius 3 is 2.08 bits per heavy atom. The standard InChI is InChI=1S/C10H20N2S/c13-12-8-4-10(5-9-12)11-6-2-1-3-7-11/h10,13H,1-9H2. The van der Waals surface area contributed by atoms with Crippen LogP contribution >= 0.6 is 12.8 Å². The van der Waals surface area contributed by atoms with Crippen molar-refractivity contribution in [3.8, 4) is 0 Å². The zero-order valence-corrected chi connectivity index (χ0v) is 9.18. The maximum Gasteiger partial charge on any atom is 0.0120 e. The van der Waals surface area contributed by atoms with Crippen LogP contribution in [-0.2, 0) is 0 Å². The molecule has 0 bridgehead atoms. The van der Waals surface area contributed by atoms with Gasteiger partial charge in [-0.2, -0.15) is 0 Å². The van der Waals surface area contributed by atoms with E-state index in [-0.39, 0.29) is 0 Å². The van der Waals surface area contributed by atoms with Gasteiger partial charge in [-0.15, -0.1) is 0 Å². The van der Waals surface area contributed by atoms with Crippen molar-refractivity contribution in [2.24, 2.45) is 0 Å². The minimum Gasteiger partial charge on any atom is -0.300 e. The molecular formula is C10H20N2S. The zero-order valence-electron chi connectivity index (χ0n) is 8.28. The normalized spacial score (nSPS) is 29.3. The van der Waals surface area contributed by atoms with E-state index >= 15 is 0 Å². The van der Waals surface area contributed by atoms with Crippen molar-refractivity contribution in [2.45, 2.75) is 38.1 Å². The van der Waals surface area contributed by atoms with Gasteiger partial charge in [0, 0.05) is 19.1 Å². The van der Waals surface area contributed by atoms with Gasteiger partial charge in [-0.05, 0) is 38.8 Å². The highest BCUT2D eigenvalue weighted by Crippen LogP contribution is 2.21. The van der Waals surface area contributed by atoms with Gasteiger partial charge >= 0.3 is 0 Å². The zero-order chi connectivity index (χ0) is 9.10. The molecule has 2 heterocycles. The van der Waals surface area contributed by atoms with E-state index in [1.54, 1.807) is 0 Å². The average Bonchev–Trinajstić information content (AvgIpc) is 2.20. The molecule has 0 N–H and O–H groups in total. The van der Waals surface area contributed by atoms with Crippen molar-refractivity contribution in [1.82, 2.24) is 9.21 Å². The topological polar surface area (TPSA) is 6.48 Å². The first-order chi connectivity index (χ1) is 6.36. The second-order valence-electron chi connectivity index (χ2n) is 4.28. The van der Waals surface area contributed by atoms with Crippen LogP contribution in [0, 0.1) is 0 Å². The molecule has 76 valence electrons. The molecule has 3 heteroatoms. The maximum absolute atomic E-state index is 4.38. The molecule has 2 aliphatic rings. The first-order valence-electron chi connectivity index (χ1n) is 5.54. The maximum atomic E-state index is 4.38. The van der Waals surface area contributed by atoms with Crippen molar-refractivity contribution in [1.29, 1.82) is 0 Å². The van der Waals surface area contributed by atoms with Crippen LogP contribution in [0.15, 0.2) is 0 Å². The second-order valence-corrected chi connectivity index (χ2v) is 4.85. The SMILES string of the molecule is SN1CCC(N2CCCCC2)CC1. The fraction of sp³-hybridized carbons (Fsp3) is 1.00. The monoisotopic (exact) mass is 200 g/mol. The highest BCUT2D eigenvalue weighted by molar-refractivity contribution is 7.77. The fourth-order valence-electron chi connectivity index (χ4n) is 2.50. The van der Waals surface area contributed by atoms with Crippen LogP contribution in [0.4, 0.5) is 0 Å². The van der Waals surface area contributed by atoms with E-state index in [0.29, 0.717) is 0 Å². The average molecular weight is 200 g/mol. The van der Waals surface area contributed by atoms with E-state index in [1.807, 2.05) is 0 Å². The summed E-state index contributed by atoms with van der Waals surface area (Å²) >= 11 is 4.38. The van der Waals surface area contributed by atoms with Gasteiger partial charge in [0.1, 0.15) is 0 Å². The summed E-state index contributed by atoms with van der Waals surface area (Å²) in [4.78, 5) is 2.70. The number of hydrogen-bond donors (Lipinski definition) is 1. The van der Waals surface area contributed by atoms with Crippen molar-refractivity contribution in [3.63, 3.8) is 0 Å². The second kappa shape index (κ2) is 4.67. The Morgan fingerprint density at radius 1 is 0.846 bits per heavy atom. The molecule has 0 unspecified atom stereocenters. The van der Waals surface area contributed by atoms with E-state index in [0.717, 1.165) is 6.04 Å². The highest BCUT2D eigenvalue weighted by atomic mass is 32.1. The Balaban J connectivity index is 1.79. The first kappa shape index (κ1) is 9.81. The minimum atomic E-state index is 0.865. The van der Waals surface area contributed by atoms with E-state index in [9.17, 15) is 0 Å². The molecule has 2 saturated heterocycles. The summed E-state index contributed by atoms with van der Waals surface area (Å²) in [6.45, 7) is 5.03. The molecule has 0 aliphatic carbocycles. The molecule has 0 aromatic carbocycles. The Labute approximate surface area is 86.8 Å². The van der Waals surface area contributed by atoms with E-state index in [2.05, 4.69) is 22.0 Å². The molecule has 0 amide bonds. The number of piperidine rings is 2. The van der Waals surface area contributed by atoms with Crippen LogP contribution in [0.25, 0.3) is 0 Å². The molecular weight excluding hydrogens is 180 g/mol. The third-order valence-corrected chi connectivity index (χ3v) is 3.75. The lowest BCUT2D eigenvalue weighted by Crippen LogP contribution is -2.44. The van der Waals surface area contributed by atoms with Crippen LogP contribution in [0.3, 0.4) is 0 Å². The summed E-state index contributed by atoms with van der Waals surface area (Å²) in [5.41, 5.74) is 0. The van der Waals surface area contributed by atoms with Crippen molar-refractivity contribution < 1.29 is 0 Å². The number of hydrogen-bond acceptors (Lipinski definition) is 3. The van der Waals surface area contributed by atoms with Gasteiger partial charge in [-0.25, -0.2) is 0 Å². The number of thiol groups is 1. The van der Waals surface area contributed by atoms with Crippen molar-refractivity contribution in [2.75, 3.05) is 26.2 Å². The quantitative estimate of drug-likeness (QED) is 0.645. The lowest BCUT2D eigenvalue weighted by Gasteiger charge is -2.38. The first-order valence-corrected chi connectivity index (χ1v) is 5.94. The predicted molar refractivity (Wildman–Crippen MR) is 59.0 cm³/mol. The molecule has 2 nitrogen and oxygen atoms in total. The molecule has 0 aromatic rings. The Hall–Kier alpha value is 0.270. The fourth-order valence-corrected chi connectivity index (χ4v) is 2.73. The Bertz CT molecular complexity index is 149. The van der Waals surface area contributed by atoms with Crippen LogP contribution in [-0.4, -0.2) is 41.4 Å². The summed E-state index contributed by atoms with van der Waals surface area (Å²) in [5.74, 6) is 0. The van der Waals surface area contributed by atoms with Crippen LogP contribution in [0.5, 0.6) is 0 Å². The third kappa shape index (κ3) is 2.61. The molecule has 2 aliphatic heterocycles. The smallest absolute Gasteiger partial charge is 0.0120 e. The molecule has 0 aromatic heterocycles. The van der Waals surface area contributed by atoms with Gasteiger partial charge in [0.25, 0.3) is 0 Å². The van der Waals surface area contributed by atoms with Gasteiger partial charge in [-0.3, -0.25) is 4.31 Å². The lowest BCUT2D eigenvalue weighted by atomic mass is 10.0. The summed E-state index contributed by atoms with van der Waals surface area (Å²) < 4.78 is 2.15.